The maximum atomic E-state index is 13.7. The minimum atomic E-state index is -2.17. The lowest BCUT2D eigenvalue weighted by Crippen LogP contribution is -2.27. The zero-order valence-corrected chi connectivity index (χ0v) is 18.9. The molecule has 0 aromatic heterocycles. The van der Waals surface area contributed by atoms with Gasteiger partial charge < -0.3 is 4.74 Å². The van der Waals surface area contributed by atoms with Gasteiger partial charge in [0.2, 0.25) is 0 Å². The van der Waals surface area contributed by atoms with Crippen LogP contribution < -0.4 is 0 Å². The van der Waals surface area contributed by atoms with Gasteiger partial charge in [-0.15, -0.1) is 0 Å². The van der Waals surface area contributed by atoms with Crippen molar-refractivity contribution in [2.24, 2.45) is 17.3 Å². The van der Waals surface area contributed by atoms with Crippen LogP contribution >= 0.6 is 0 Å². The van der Waals surface area contributed by atoms with E-state index < -0.39 is 17.9 Å². The lowest BCUT2D eigenvalue weighted by Gasteiger charge is -2.24. The summed E-state index contributed by atoms with van der Waals surface area (Å²) in [5.41, 5.74) is 0.407. The molecule has 0 aliphatic heterocycles. The minimum Gasteiger partial charge on any atom is -0.463 e. The summed E-state index contributed by atoms with van der Waals surface area (Å²) in [5, 5.41) is 0. The second kappa shape index (κ2) is 13.1. The third kappa shape index (κ3) is 9.39. The van der Waals surface area contributed by atoms with Crippen LogP contribution in [-0.4, -0.2) is 30.3 Å². The number of unbranched alkanes of at least 4 members (excludes halogenated alkanes) is 2. The molecule has 0 N–H and O–H groups in total. The minimum absolute atomic E-state index is 0.0259. The molecule has 3 atom stereocenters. The maximum absolute atomic E-state index is 13.7. The summed E-state index contributed by atoms with van der Waals surface area (Å²) in [6, 6.07) is 0. The molecule has 1 rings (SSSR count). The fourth-order valence-electron chi connectivity index (χ4n) is 4.67. The van der Waals surface area contributed by atoms with Crippen molar-refractivity contribution in [3.8, 4) is 0 Å². The third-order valence-corrected chi connectivity index (χ3v) is 6.31. The summed E-state index contributed by atoms with van der Waals surface area (Å²) >= 11 is 0. The molecule has 0 aromatic rings. The van der Waals surface area contributed by atoms with E-state index in [1.165, 1.54) is 32.1 Å². The highest BCUT2D eigenvalue weighted by molar-refractivity contribution is 6.01. The van der Waals surface area contributed by atoms with Crippen molar-refractivity contribution in [1.82, 2.24) is 0 Å². The van der Waals surface area contributed by atoms with Gasteiger partial charge in [0.25, 0.3) is 6.17 Å². The number of hydrogen-bond acceptors (Lipinski definition) is 4. The van der Waals surface area contributed by atoms with Gasteiger partial charge in [0.05, 0.1) is 6.61 Å². The summed E-state index contributed by atoms with van der Waals surface area (Å²) in [6.45, 7) is 8.55. The number of carbonyl (C=O) groups is 3. The molecular weight excluding hydrogens is 371 g/mol. The first-order valence-electron chi connectivity index (χ1n) is 11.6. The van der Waals surface area contributed by atoms with E-state index in [0.29, 0.717) is 30.0 Å². The molecule has 0 heterocycles. The van der Waals surface area contributed by atoms with Crippen molar-refractivity contribution in [3.05, 3.63) is 0 Å². The van der Waals surface area contributed by atoms with Gasteiger partial charge in [-0.1, -0.05) is 46.5 Å². The zero-order chi connectivity index (χ0) is 21.9. The van der Waals surface area contributed by atoms with Crippen LogP contribution in [0.1, 0.15) is 105 Å². The fraction of sp³-hybridized carbons (Fsp3) is 0.875. The van der Waals surface area contributed by atoms with Crippen molar-refractivity contribution in [2.45, 2.75) is 111 Å². The molecule has 5 heteroatoms. The molecule has 1 unspecified atom stereocenters. The number of Topliss-reactive ketones (excluding diaryl/α,β-unsaturated/α-hetero) is 2. The average molecular weight is 413 g/mol. The smallest absolute Gasteiger partial charge is 0.348 e. The van der Waals surface area contributed by atoms with Gasteiger partial charge in [-0.25, -0.2) is 9.18 Å². The van der Waals surface area contributed by atoms with E-state index in [0.717, 1.165) is 25.7 Å². The zero-order valence-electron chi connectivity index (χ0n) is 18.9. The number of halogens is 1. The second-order valence-corrected chi connectivity index (χ2v) is 9.36. The van der Waals surface area contributed by atoms with Crippen LogP contribution in [0.4, 0.5) is 4.39 Å². The molecule has 0 saturated heterocycles. The third-order valence-electron chi connectivity index (χ3n) is 6.31. The topological polar surface area (TPSA) is 60.4 Å². The Labute approximate surface area is 176 Å². The van der Waals surface area contributed by atoms with Gasteiger partial charge >= 0.3 is 5.97 Å². The highest BCUT2D eigenvalue weighted by Gasteiger charge is 2.34. The Morgan fingerprint density at radius 3 is 2.45 bits per heavy atom. The van der Waals surface area contributed by atoms with Crippen LogP contribution in [0.3, 0.4) is 0 Å². The van der Waals surface area contributed by atoms with Crippen molar-refractivity contribution < 1.29 is 23.5 Å². The lowest BCUT2D eigenvalue weighted by atomic mass is 9.81. The van der Waals surface area contributed by atoms with E-state index >= 15 is 0 Å². The van der Waals surface area contributed by atoms with Crippen molar-refractivity contribution in [1.29, 1.82) is 0 Å². The number of rotatable bonds is 15. The molecular formula is C24H41FO4. The van der Waals surface area contributed by atoms with E-state index in [1.54, 1.807) is 6.92 Å². The largest absolute Gasteiger partial charge is 0.463 e. The molecule has 4 nitrogen and oxygen atoms in total. The van der Waals surface area contributed by atoms with E-state index in [4.69, 9.17) is 0 Å². The summed E-state index contributed by atoms with van der Waals surface area (Å²) in [6.07, 6.45) is 8.71. The number of esters is 1. The quantitative estimate of drug-likeness (QED) is 0.188. The summed E-state index contributed by atoms with van der Waals surface area (Å²) in [4.78, 5) is 35.3. The molecule has 1 aliphatic carbocycles. The molecule has 0 aromatic carbocycles. The van der Waals surface area contributed by atoms with Crippen LogP contribution in [0.2, 0.25) is 0 Å². The first-order chi connectivity index (χ1) is 13.7. The Morgan fingerprint density at radius 1 is 1.10 bits per heavy atom. The molecule has 29 heavy (non-hydrogen) atoms. The molecule has 0 amide bonds. The molecule has 1 aliphatic rings. The summed E-state index contributed by atoms with van der Waals surface area (Å²) in [5.74, 6) is -0.901. The first kappa shape index (κ1) is 25.8. The lowest BCUT2D eigenvalue weighted by molar-refractivity contribution is -0.152. The average Bonchev–Trinajstić information content (AvgIpc) is 3.01. The van der Waals surface area contributed by atoms with Crippen LogP contribution in [-0.2, 0) is 19.1 Å². The predicted octanol–water partition coefficient (Wildman–Crippen LogP) is 6.00. The Morgan fingerprint density at radius 2 is 1.79 bits per heavy atom. The van der Waals surface area contributed by atoms with E-state index in [2.05, 4.69) is 25.5 Å². The Balaban J connectivity index is 2.30. The summed E-state index contributed by atoms with van der Waals surface area (Å²) < 4.78 is 18.2. The monoisotopic (exact) mass is 412 g/mol. The van der Waals surface area contributed by atoms with Crippen LogP contribution in [0.25, 0.3) is 0 Å². The molecule has 0 spiro atoms. The maximum Gasteiger partial charge on any atom is 0.348 e. The standard InChI is InChI=1S/C24H41FO4/c1-5-16-24(3,4)17-10-9-11-18-14-15-20(26)19(18)12-7-8-13-21(27)22(25)23(28)29-6-2/h18-19,22H,5-17H2,1-4H3/t18-,19+,22?/m0/s1. The van der Waals surface area contributed by atoms with Crippen molar-refractivity contribution in [2.75, 3.05) is 6.61 Å². The van der Waals surface area contributed by atoms with Gasteiger partial charge in [0, 0.05) is 18.8 Å². The predicted molar refractivity (Wildman–Crippen MR) is 113 cm³/mol. The van der Waals surface area contributed by atoms with Gasteiger partial charge in [0.1, 0.15) is 5.78 Å². The van der Waals surface area contributed by atoms with Crippen LogP contribution in [0.5, 0.6) is 0 Å². The Kier molecular flexibility index (Phi) is 11.7. The van der Waals surface area contributed by atoms with Gasteiger partial charge in [0.15, 0.2) is 5.78 Å². The Hall–Kier alpha value is -1.26. The molecule has 168 valence electrons. The van der Waals surface area contributed by atoms with Gasteiger partial charge in [-0.2, -0.15) is 0 Å². The van der Waals surface area contributed by atoms with Crippen LogP contribution in [0.15, 0.2) is 0 Å². The van der Waals surface area contributed by atoms with Crippen molar-refractivity contribution in [3.63, 3.8) is 0 Å². The van der Waals surface area contributed by atoms with Crippen molar-refractivity contribution >= 4 is 17.5 Å². The SMILES string of the molecule is CCCC(C)(C)CCCC[C@H]1CCC(=O)[C@@H]1CCCCC(=O)C(F)C(=O)OCC. The number of hydrogen-bond donors (Lipinski definition) is 0. The van der Waals surface area contributed by atoms with Gasteiger partial charge in [-0.05, 0) is 56.8 Å². The van der Waals surface area contributed by atoms with E-state index in [9.17, 15) is 18.8 Å². The fourth-order valence-corrected chi connectivity index (χ4v) is 4.67. The molecule has 0 bridgehead atoms. The first-order valence-corrected chi connectivity index (χ1v) is 11.6. The van der Waals surface area contributed by atoms with Crippen LogP contribution in [0, 0.1) is 17.3 Å². The summed E-state index contributed by atoms with van der Waals surface area (Å²) in [7, 11) is 0. The Bertz CT molecular complexity index is 529. The number of alkyl halides is 1. The number of ketones is 2. The normalized spacial score (nSPS) is 20.7. The highest BCUT2D eigenvalue weighted by atomic mass is 19.1. The molecule has 0 radical (unpaired) electrons. The number of ether oxygens (including phenoxy) is 1. The number of carbonyl (C=O) groups excluding carboxylic acids is 3. The molecule has 1 fully saturated rings. The second-order valence-electron chi connectivity index (χ2n) is 9.36. The van der Waals surface area contributed by atoms with E-state index in [-0.39, 0.29) is 18.9 Å². The molecule has 1 saturated carbocycles. The van der Waals surface area contributed by atoms with Gasteiger partial charge in [-0.3, -0.25) is 9.59 Å². The van der Waals surface area contributed by atoms with E-state index in [1.807, 2.05) is 0 Å². The highest BCUT2D eigenvalue weighted by Crippen LogP contribution is 2.37.